The first-order valence-electron chi connectivity index (χ1n) is 9.91. The molecule has 0 saturated heterocycles. The predicted molar refractivity (Wildman–Crippen MR) is 112 cm³/mol. The van der Waals surface area contributed by atoms with E-state index in [9.17, 15) is 0 Å². The lowest BCUT2D eigenvalue weighted by molar-refractivity contribution is -0.0856. The smallest absolute Gasteiger partial charge is 0.103 e. The zero-order chi connectivity index (χ0) is 18.9. The highest BCUT2D eigenvalue weighted by Gasteiger charge is 2.45. The van der Waals surface area contributed by atoms with Gasteiger partial charge in [-0.2, -0.15) is 0 Å². The zero-order valence-electron chi connectivity index (χ0n) is 16.8. The van der Waals surface area contributed by atoms with Gasteiger partial charge in [0.25, 0.3) is 0 Å². The Kier molecular flexibility index (Phi) is 3.48. The molecule has 0 aliphatic carbocycles. The number of aromatic nitrogens is 1. The Balaban J connectivity index is 1.69. The first kappa shape index (κ1) is 16.8. The van der Waals surface area contributed by atoms with Crippen LogP contribution in [-0.4, -0.2) is 10.2 Å². The minimum Gasteiger partial charge on any atom is -0.363 e. The van der Waals surface area contributed by atoms with Crippen LogP contribution in [0.4, 0.5) is 0 Å². The van der Waals surface area contributed by atoms with Gasteiger partial charge in [-0.25, -0.2) is 0 Å². The number of ether oxygens (including phenoxy) is 1. The summed E-state index contributed by atoms with van der Waals surface area (Å²) < 4.78 is 9.18. The molecule has 2 atom stereocenters. The van der Waals surface area contributed by atoms with E-state index in [-0.39, 0.29) is 11.7 Å². The lowest BCUT2D eigenvalue weighted by atomic mass is 9.80. The van der Waals surface area contributed by atoms with Gasteiger partial charge < -0.3 is 9.30 Å². The van der Waals surface area contributed by atoms with Crippen LogP contribution < -0.4 is 0 Å². The van der Waals surface area contributed by atoms with Crippen LogP contribution >= 0.6 is 0 Å². The second-order valence-electron chi connectivity index (χ2n) is 8.83. The van der Waals surface area contributed by atoms with Gasteiger partial charge in [0.15, 0.2) is 0 Å². The summed E-state index contributed by atoms with van der Waals surface area (Å²) in [6.07, 6.45) is 2.40. The van der Waals surface area contributed by atoms with Gasteiger partial charge >= 0.3 is 0 Å². The molecule has 5 rings (SSSR count). The fourth-order valence-corrected chi connectivity index (χ4v) is 5.29. The Morgan fingerprint density at radius 2 is 1.70 bits per heavy atom. The Labute approximate surface area is 161 Å². The van der Waals surface area contributed by atoms with Crippen LogP contribution in [0.15, 0.2) is 48.5 Å². The molecule has 2 nitrogen and oxygen atoms in total. The molecule has 1 aromatic heterocycles. The lowest BCUT2D eigenvalue weighted by Gasteiger charge is -2.40. The van der Waals surface area contributed by atoms with Gasteiger partial charge in [0.1, 0.15) is 6.10 Å². The fourth-order valence-electron chi connectivity index (χ4n) is 5.29. The molecule has 3 heterocycles. The van der Waals surface area contributed by atoms with Gasteiger partial charge in [0, 0.05) is 29.1 Å². The van der Waals surface area contributed by atoms with E-state index in [1.807, 2.05) is 0 Å². The summed E-state index contributed by atoms with van der Waals surface area (Å²) in [4.78, 5) is 0. The van der Waals surface area contributed by atoms with Gasteiger partial charge in [-0.3, -0.25) is 0 Å². The van der Waals surface area contributed by atoms with Gasteiger partial charge in [0.2, 0.25) is 0 Å². The molecular weight excluding hydrogens is 330 g/mol. The number of para-hydroxylation sites is 1. The maximum atomic E-state index is 6.70. The topological polar surface area (TPSA) is 14.2 Å². The van der Waals surface area contributed by atoms with Gasteiger partial charge in [-0.05, 0) is 75.1 Å². The van der Waals surface area contributed by atoms with E-state index < -0.39 is 0 Å². The molecule has 2 aromatic carbocycles. The summed E-state index contributed by atoms with van der Waals surface area (Å²) in [5.41, 5.74) is 9.24. The maximum absolute atomic E-state index is 6.70. The van der Waals surface area contributed by atoms with Crippen molar-refractivity contribution < 1.29 is 4.74 Å². The van der Waals surface area contributed by atoms with Crippen LogP contribution in [0.25, 0.3) is 16.5 Å². The van der Waals surface area contributed by atoms with Crippen molar-refractivity contribution in [1.82, 2.24) is 4.57 Å². The first-order chi connectivity index (χ1) is 12.8. The molecule has 2 aliphatic rings. The molecule has 2 heteroatoms. The second kappa shape index (κ2) is 5.59. The molecular formula is C25H27NO. The SMILES string of the molecule is Cc1cc(C)c([C@@H]2C=C3c4cc5ccccc5n4C[C@H]3C(C)(C)O2)c(C)c1. The van der Waals surface area contributed by atoms with Crippen LogP contribution in [0.2, 0.25) is 0 Å². The highest BCUT2D eigenvalue weighted by Crippen LogP contribution is 2.50. The summed E-state index contributed by atoms with van der Waals surface area (Å²) in [7, 11) is 0. The molecule has 0 unspecified atom stereocenters. The van der Waals surface area contributed by atoms with Crippen LogP contribution in [0.3, 0.4) is 0 Å². The number of nitrogens with zero attached hydrogens (tertiary/aromatic N) is 1. The van der Waals surface area contributed by atoms with E-state index in [1.54, 1.807) is 0 Å². The summed E-state index contributed by atoms with van der Waals surface area (Å²) in [5, 5.41) is 1.33. The molecule has 0 saturated carbocycles. The standard InChI is InChI=1S/C25H27NO/c1-15-10-16(2)24(17(3)11-15)23-13-19-20(25(4,5)27-23)14-26-21-9-7-6-8-18(21)12-22(19)26/h6-13,20,23H,14H2,1-5H3/t20-,23+/m1/s1. The normalized spacial score (nSPS) is 23.2. The van der Waals surface area contributed by atoms with Crippen LogP contribution in [0, 0.1) is 26.7 Å². The minimum atomic E-state index is -0.196. The molecule has 27 heavy (non-hydrogen) atoms. The van der Waals surface area contributed by atoms with Gasteiger partial charge in [-0.1, -0.05) is 35.9 Å². The third-order valence-electron chi connectivity index (χ3n) is 6.47. The number of benzene rings is 2. The Morgan fingerprint density at radius 1 is 1.00 bits per heavy atom. The first-order valence-corrected chi connectivity index (χ1v) is 9.91. The Bertz CT molecular complexity index is 1080. The molecule has 2 aliphatic heterocycles. The summed E-state index contributed by atoms with van der Waals surface area (Å²) >= 11 is 0. The van der Waals surface area contributed by atoms with Crippen LogP contribution in [-0.2, 0) is 11.3 Å². The summed E-state index contributed by atoms with van der Waals surface area (Å²) in [6.45, 7) is 12.1. The summed E-state index contributed by atoms with van der Waals surface area (Å²) in [5.74, 6) is 0.402. The predicted octanol–water partition coefficient (Wildman–Crippen LogP) is 6.13. The molecule has 0 spiro atoms. The average Bonchev–Trinajstić information content (AvgIpc) is 3.11. The number of rotatable bonds is 1. The van der Waals surface area contributed by atoms with Crippen molar-refractivity contribution in [3.05, 3.63) is 76.5 Å². The Morgan fingerprint density at radius 3 is 2.44 bits per heavy atom. The van der Waals surface area contributed by atoms with E-state index in [0.717, 1.165) is 6.54 Å². The molecule has 0 bridgehead atoms. The number of hydrogen-bond donors (Lipinski definition) is 0. The fraction of sp³-hybridized carbons (Fsp3) is 0.360. The van der Waals surface area contributed by atoms with Crippen molar-refractivity contribution in [2.75, 3.05) is 0 Å². The molecule has 0 fully saturated rings. The van der Waals surface area contributed by atoms with Crippen molar-refractivity contribution in [3.63, 3.8) is 0 Å². The molecule has 138 valence electrons. The number of hydrogen-bond acceptors (Lipinski definition) is 1. The van der Waals surface area contributed by atoms with Crippen molar-refractivity contribution in [1.29, 1.82) is 0 Å². The van der Waals surface area contributed by atoms with E-state index in [2.05, 4.69) is 87.7 Å². The third-order valence-corrected chi connectivity index (χ3v) is 6.47. The maximum Gasteiger partial charge on any atom is 0.103 e. The molecule has 3 aromatic rings. The second-order valence-corrected chi connectivity index (χ2v) is 8.83. The molecule has 0 amide bonds. The quantitative estimate of drug-likeness (QED) is 0.511. The van der Waals surface area contributed by atoms with Gasteiger partial charge in [0.05, 0.1) is 5.60 Å². The molecule has 0 radical (unpaired) electrons. The Hall–Kier alpha value is -2.32. The third kappa shape index (κ3) is 2.43. The lowest BCUT2D eigenvalue weighted by Crippen LogP contribution is -2.39. The van der Waals surface area contributed by atoms with Gasteiger partial charge in [-0.15, -0.1) is 0 Å². The summed E-state index contributed by atoms with van der Waals surface area (Å²) in [6, 6.07) is 15.6. The van der Waals surface area contributed by atoms with E-state index >= 15 is 0 Å². The zero-order valence-corrected chi connectivity index (χ0v) is 16.8. The van der Waals surface area contributed by atoms with Crippen molar-refractivity contribution in [3.8, 4) is 0 Å². The van der Waals surface area contributed by atoms with E-state index in [1.165, 1.54) is 44.4 Å². The average molecular weight is 357 g/mol. The van der Waals surface area contributed by atoms with Crippen molar-refractivity contribution >= 4 is 16.5 Å². The van der Waals surface area contributed by atoms with E-state index in [4.69, 9.17) is 4.74 Å². The minimum absolute atomic E-state index is 0.0106. The number of aryl methyl sites for hydroxylation is 3. The van der Waals surface area contributed by atoms with Crippen LogP contribution in [0.5, 0.6) is 0 Å². The number of fused-ring (bicyclic) bond motifs is 5. The highest BCUT2D eigenvalue weighted by molar-refractivity contribution is 5.88. The largest absolute Gasteiger partial charge is 0.363 e. The van der Waals surface area contributed by atoms with Crippen LogP contribution in [0.1, 0.15) is 47.9 Å². The highest BCUT2D eigenvalue weighted by atomic mass is 16.5. The monoisotopic (exact) mass is 357 g/mol. The van der Waals surface area contributed by atoms with Crippen molar-refractivity contribution in [2.24, 2.45) is 5.92 Å². The molecule has 0 N–H and O–H groups in total. The van der Waals surface area contributed by atoms with Crippen molar-refractivity contribution in [2.45, 2.75) is 52.9 Å². The van der Waals surface area contributed by atoms with E-state index in [0.29, 0.717) is 5.92 Å².